The Hall–Kier alpha value is -1.60. The molecule has 0 radical (unpaired) electrons. The summed E-state index contributed by atoms with van der Waals surface area (Å²) in [5, 5.41) is 2.57. The minimum absolute atomic E-state index is 0.175. The SMILES string of the molecule is O=C(NC[C@H]1CN2CCC[C@H]2CO1)c1ccccc1C(F)(F)F. The Bertz CT molecular complexity index is 577. The molecule has 23 heavy (non-hydrogen) atoms. The summed E-state index contributed by atoms with van der Waals surface area (Å²) in [5.41, 5.74) is -1.27. The van der Waals surface area contributed by atoms with E-state index in [1.54, 1.807) is 0 Å². The number of hydrogen-bond donors (Lipinski definition) is 1. The van der Waals surface area contributed by atoms with Crippen LogP contribution in [0.2, 0.25) is 0 Å². The zero-order chi connectivity index (χ0) is 16.4. The molecule has 2 fully saturated rings. The molecule has 2 heterocycles. The summed E-state index contributed by atoms with van der Waals surface area (Å²) in [6.45, 7) is 2.58. The zero-order valence-electron chi connectivity index (χ0n) is 12.6. The van der Waals surface area contributed by atoms with Crippen molar-refractivity contribution in [1.29, 1.82) is 0 Å². The molecule has 0 spiro atoms. The number of alkyl halides is 3. The number of rotatable bonds is 3. The lowest BCUT2D eigenvalue weighted by molar-refractivity contribution is -0.137. The lowest BCUT2D eigenvalue weighted by Gasteiger charge is -2.35. The molecular weight excluding hydrogens is 309 g/mol. The minimum atomic E-state index is -4.54. The Kier molecular flexibility index (Phi) is 4.59. The van der Waals surface area contributed by atoms with E-state index in [4.69, 9.17) is 4.74 Å². The summed E-state index contributed by atoms with van der Waals surface area (Å²) in [6, 6.07) is 5.26. The van der Waals surface area contributed by atoms with Crippen molar-refractivity contribution in [3.05, 3.63) is 35.4 Å². The molecule has 2 aliphatic heterocycles. The zero-order valence-corrected chi connectivity index (χ0v) is 12.6. The van der Waals surface area contributed by atoms with E-state index in [2.05, 4.69) is 10.2 Å². The maximum absolute atomic E-state index is 12.9. The number of morpholine rings is 1. The Labute approximate surface area is 132 Å². The summed E-state index contributed by atoms with van der Waals surface area (Å²) in [7, 11) is 0. The molecule has 3 rings (SSSR count). The smallest absolute Gasteiger partial charge is 0.373 e. The predicted octanol–water partition coefficient (Wildman–Crippen LogP) is 2.30. The molecule has 7 heteroatoms. The lowest BCUT2D eigenvalue weighted by Crippen LogP contribution is -2.50. The third kappa shape index (κ3) is 3.67. The van der Waals surface area contributed by atoms with E-state index in [-0.39, 0.29) is 18.2 Å². The van der Waals surface area contributed by atoms with Crippen LogP contribution in [-0.2, 0) is 10.9 Å². The van der Waals surface area contributed by atoms with Crippen molar-refractivity contribution in [3.63, 3.8) is 0 Å². The van der Waals surface area contributed by atoms with Crippen LogP contribution >= 0.6 is 0 Å². The number of carbonyl (C=O) groups is 1. The Morgan fingerprint density at radius 1 is 1.35 bits per heavy atom. The van der Waals surface area contributed by atoms with Gasteiger partial charge in [-0.15, -0.1) is 0 Å². The fraction of sp³-hybridized carbons (Fsp3) is 0.562. The molecule has 0 bridgehead atoms. The van der Waals surface area contributed by atoms with Crippen molar-refractivity contribution in [2.75, 3.05) is 26.2 Å². The van der Waals surface area contributed by atoms with Crippen LogP contribution in [0.4, 0.5) is 13.2 Å². The van der Waals surface area contributed by atoms with Crippen molar-refractivity contribution in [2.45, 2.75) is 31.2 Å². The summed E-state index contributed by atoms with van der Waals surface area (Å²) >= 11 is 0. The quantitative estimate of drug-likeness (QED) is 0.926. The van der Waals surface area contributed by atoms with Crippen LogP contribution in [0.1, 0.15) is 28.8 Å². The molecule has 0 saturated carbocycles. The molecule has 0 aliphatic carbocycles. The number of ether oxygens (including phenoxy) is 1. The lowest BCUT2D eigenvalue weighted by atomic mass is 10.1. The molecule has 126 valence electrons. The summed E-state index contributed by atoms with van der Waals surface area (Å²) in [6.07, 6.45) is -2.45. The van der Waals surface area contributed by atoms with Gasteiger partial charge in [0.05, 0.1) is 23.8 Å². The van der Waals surface area contributed by atoms with Crippen molar-refractivity contribution < 1.29 is 22.7 Å². The standard InChI is InChI=1S/C16H19F3N2O2/c17-16(18,19)14-6-2-1-5-13(14)15(22)20-8-12-9-21-7-3-4-11(21)10-23-12/h1-2,5-6,11-12H,3-4,7-10H2,(H,20,22)/t11-,12-/m0/s1. The third-order valence-corrected chi connectivity index (χ3v) is 4.43. The van der Waals surface area contributed by atoms with E-state index in [0.29, 0.717) is 19.2 Å². The minimum Gasteiger partial charge on any atom is -0.373 e. The van der Waals surface area contributed by atoms with Gasteiger partial charge in [0, 0.05) is 19.1 Å². The van der Waals surface area contributed by atoms with E-state index in [9.17, 15) is 18.0 Å². The Morgan fingerprint density at radius 2 is 2.13 bits per heavy atom. The number of hydrogen-bond acceptors (Lipinski definition) is 3. The second-order valence-corrected chi connectivity index (χ2v) is 6.00. The number of halogens is 3. The van der Waals surface area contributed by atoms with Crippen LogP contribution in [0.15, 0.2) is 24.3 Å². The monoisotopic (exact) mass is 328 g/mol. The third-order valence-electron chi connectivity index (χ3n) is 4.43. The second-order valence-electron chi connectivity index (χ2n) is 6.00. The van der Waals surface area contributed by atoms with Crippen molar-refractivity contribution in [2.24, 2.45) is 0 Å². The topological polar surface area (TPSA) is 41.6 Å². The maximum atomic E-state index is 12.9. The maximum Gasteiger partial charge on any atom is 0.417 e. The van der Waals surface area contributed by atoms with Crippen LogP contribution in [0.3, 0.4) is 0 Å². The first-order chi connectivity index (χ1) is 10.9. The van der Waals surface area contributed by atoms with Crippen LogP contribution in [0, 0.1) is 0 Å². The van der Waals surface area contributed by atoms with Crippen molar-refractivity contribution in [1.82, 2.24) is 10.2 Å². The van der Waals surface area contributed by atoms with Gasteiger partial charge in [0.25, 0.3) is 5.91 Å². The number of nitrogens with one attached hydrogen (secondary N) is 1. The first-order valence-electron chi connectivity index (χ1n) is 7.75. The first-order valence-corrected chi connectivity index (χ1v) is 7.75. The van der Waals surface area contributed by atoms with Gasteiger partial charge in [0.15, 0.2) is 0 Å². The number of benzene rings is 1. The van der Waals surface area contributed by atoms with E-state index in [1.807, 2.05) is 0 Å². The van der Waals surface area contributed by atoms with Gasteiger partial charge >= 0.3 is 6.18 Å². The predicted molar refractivity (Wildman–Crippen MR) is 78.1 cm³/mol. The second kappa shape index (κ2) is 6.49. The van der Waals surface area contributed by atoms with Crippen molar-refractivity contribution in [3.8, 4) is 0 Å². The first kappa shape index (κ1) is 16.3. The fourth-order valence-corrected chi connectivity index (χ4v) is 3.24. The number of nitrogens with zero attached hydrogens (tertiary/aromatic N) is 1. The highest BCUT2D eigenvalue weighted by Crippen LogP contribution is 2.31. The molecule has 4 nitrogen and oxygen atoms in total. The van der Waals surface area contributed by atoms with Gasteiger partial charge in [-0.2, -0.15) is 13.2 Å². The molecule has 2 saturated heterocycles. The van der Waals surface area contributed by atoms with Gasteiger partial charge in [0.1, 0.15) is 0 Å². The van der Waals surface area contributed by atoms with Crippen LogP contribution < -0.4 is 5.32 Å². The van der Waals surface area contributed by atoms with Crippen LogP contribution in [-0.4, -0.2) is 49.2 Å². The van der Waals surface area contributed by atoms with Gasteiger partial charge in [-0.3, -0.25) is 9.69 Å². The van der Waals surface area contributed by atoms with Crippen LogP contribution in [0.25, 0.3) is 0 Å². The van der Waals surface area contributed by atoms with Gasteiger partial charge in [0.2, 0.25) is 0 Å². The molecular formula is C16H19F3N2O2. The summed E-state index contributed by atoms with van der Waals surface area (Å²) in [4.78, 5) is 14.4. The van der Waals surface area contributed by atoms with Gasteiger partial charge < -0.3 is 10.1 Å². The number of carbonyl (C=O) groups excluding carboxylic acids is 1. The molecule has 1 aromatic rings. The number of fused-ring (bicyclic) bond motifs is 1. The normalized spacial score (nSPS) is 25.2. The fourth-order valence-electron chi connectivity index (χ4n) is 3.24. The van der Waals surface area contributed by atoms with Gasteiger partial charge in [-0.1, -0.05) is 12.1 Å². The Balaban J connectivity index is 1.60. The highest BCUT2D eigenvalue weighted by atomic mass is 19.4. The molecule has 1 aromatic carbocycles. The highest BCUT2D eigenvalue weighted by molar-refractivity contribution is 5.95. The van der Waals surface area contributed by atoms with E-state index in [1.165, 1.54) is 18.2 Å². The van der Waals surface area contributed by atoms with E-state index >= 15 is 0 Å². The van der Waals surface area contributed by atoms with Gasteiger partial charge in [-0.25, -0.2) is 0 Å². The van der Waals surface area contributed by atoms with E-state index in [0.717, 1.165) is 25.5 Å². The highest BCUT2D eigenvalue weighted by Gasteiger charge is 2.35. The number of amides is 1. The van der Waals surface area contributed by atoms with E-state index < -0.39 is 17.6 Å². The molecule has 0 unspecified atom stereocenters. The van der Waals surface area contributed by atoms with Gasteiger partial charge in [-0.05, 0) is 31.5 Å². The molecule has 2 aliphatic rings. The Morgan fingerprint density at radius 3 is 2.91 bits per heavy atom. The van der Waals surface area contributed by atoms with Crippen LogP contribution in [0.5, 0.6) is 0 Å². The molecule has 0 aromatic heterocycles. The summed E-state index contributed by atoms with van der Waals surface area (Å²) in [5.74, 6) is -0.718. The molecule has 1 amide bonds. The molecule has 2 atom stereocenters. The molecule has 1 N–H and O–H groups in total. The average molecular weight is 328 g/mol. The van der Waals surface area contributed by atoms with Crippen molar-refractivity contribution >= 4 is 5.91 Å². The average Bonchev–Trinajstić information content (AvgIpc) is 2.99. The summed E-state index contributed by atoms with van der Waals surface area (Å²) < 4.78 is 44.5. The largest absolute Gasteiger partial charge is 0.417 e.